The summed E-state index contributed by atoms with van der Waals surface area (Å²) in [6, 6.07) is 8.59. The SMILES string of the molecule is COCCNC(=O)Cc1csc(-c2cccc(CN3CCN(C)CC3)c2)n1. The fourth-order valence-electron chi connectivity index (χ4n) is 3.11. The quantitative estimate of drug-likeness (QED) is 0.700. The van der Waals surface area contributed by atoms with Gasteiger partial charge in [-0.15, -0.1) is 11.3 Å². The molecule has 1 N–H and O–H groups in total. The molecule has 0 aliphatic carbocycles. The molecule has 146 valence electrons. The highest BCUT2D eigenvalue weighted by Gasteiger charge is 2.14. The van der Waals surface area contributed by atoms with Crippen LogP contribution in [-0.2, 0) is 22.5 Å². The standard InChI is InChI=1S/C20H28N4O2S/c1-23-7-9-24(10-8-23)14-16-4-3-5-17(12-16)20-22-18(15-27-20)13-19(25)21-6-11-26-2/h3-5,12,15H,6-11,13-14H2,1-2H3,(H,21,25). The second kappa shape index (κ2) is 9.94. The van der Waals surface area contributed by atoms with Gasteiger partial charge in [0.1, 0.15) is 5.01 Å². The van der Waals surface area contributed by atoms with Gasteiger partial charge in [0, 0.05) is 57.3 Å². The normalized spacial score (nSPS) is 15.8. The summed E-state index contributed by atoms with van der Waals surface area (Å²) >= 11 is 1.59. The summed E-state index contributed by atoms with van der Waals surface area (Å²) < 4.78 is 4.94. The van der Waals surface area contributed by atoms with Gasteiger partial charge in [0.25, 0.3) is 0 Å². The number of benzene rings is 1. The third kappa shape index (κ3) is 6.10. The molecule has 27 heavy (non-hydrogen) atoms. The molecule has 0 saturated carbocycles. The minimum atomic E-state index is -0.0206. The van der Waals surface area contributed by atoms with Crippen LogP contribution in [-0.4, -0.2) is 74.2 Å². The molecule has 1 aliphatic heterocycles. The number of nitrogens with zero attached hydrogens (tertiary/aromatic N) is 3. The molecule has 0 unspecified atom stereocenters. The van der Waals surface area contributed by atoms with E-state index in [1.165, 1.54) is 5.56 Å². The minimum Gasteiger partial charge on any atom is -0.383 e. The second-order valence-electron chi connectivity index (χ2n) is 6.94. The summed E-state index contributed by atoms with van der Waals surface area (Å²) in [6.45, 7) is 6.50. The van der Waals surface area contributed by atoms with Gasteiger partial charge in [-0.2, -0.15) is 0 Å². The fourth-order valence-corrected chi connectivity index (χ4v) is 3.92. The number of rotatable bonds is 8. The van der Waals surface area contributed by atoms with Gasteiger partial charge < -0.3 is 15.0 Å². The Bertz CT molecular complexity index is 741. The number of piperazine rings is 1. The van der Waals surface area contributed by atoms with Gasteiger partial charge in [-0.3, -0.25) is 9.69 Å². The molecule has 0 bridgehead atoms. The van der Waals surface area contributed by atoms with Crippen molar-refractivity contribution in [3.8, 4) is 10.6 Å². The molecule has 1 aliphatic rings. The zero-order chi connectivity index (χ0) is 19.1. The molecule has 0 radical (unpaired) electrons. The molecule has 2 heterocycles. The number of aromatic nitrogens is 1. The number of hydrogen-bond donors (Lipinski definition) is 1. The molecule has 0 atom stereocenters. The third-order valence-electron chi connectivity index (χ3n) is 4.70. The Balaban J connectivity index is 1.58. The number of likely N-dealkylation sites (N-methyl/N-ethyl adjacent to an activating group) is 1. The van der Waals surface area contributed by atoms with Crippen molar-refractivity contribution in [1.29, 1.82) is 0 Å². The van der Waals surface area contributed by atoms with Crippen molar-refractivity contribution in [2.45, 2.75) is 13.0 Å². The lowest BCUT2D eigenvalue weighted by Crippen LogP contribution is -2.43. The first kappa shape index (κ1) is 19.9. The van der Waals surface area contributed by atoms with Gasteiger partial charge in [-0.05, 0) is 18.7 Å². The monoisotopic (exact) mass is 388 g/mol. The van der Waals surface area contributed by atoms with Crippen molar-refractivity contribution in [2.24, 2.45) is 0 Å². The molecule has 0 spiro atoms. The van der Waals surface area contributed by atoms with E-state index in [0.717, 1.165) is 49.0 Å². The Morgan fingerprint density at radius 2 is 2.11 bits per heavy atom. The lowest BCUT2D eigenvalue weighted by atomic mass is 10.1. The van der Waals surface area contributed by atoms with Crippen molar-refractivity contribution in [2.75, 3.05) is 53.5 Å². The average molecular weight is 389 g/mol. The molecule has 1 saturated heterocycles. The van der Waals surface area contributed by atoms with E-state index in [1.54, 1.807) is 18.4 Å². The van der Waals surface area contributed by atoms with Crippen LogP contribution in [0.25, 0.3) is 10.6 Å². The number of ether oxygens (including phenoxy) is 1. The van der Waals surface area contributed by atoms with Crippen molar-refractivity contribution in [3.05, 3.63) is 40.9 Å². The first-order valence-corrected chi connectivity index (χ1v) is 10.2. The Hall–Kier alpha value is -1.80. The predicted octanol–water partition coefficient (Wildman–Crippen LogP) is 1.86. The van der Waals surface area contributed by atoms with Crippen LogP contribution < -0.4 is 5.32 Å². The van der Waals surface area contributed by atoms with E-state index in [-0.39, 0.29) is 5.91 Å². The number of carbonyl (C=O) groups excluding carboxylic acids is 1. The number of hydrogen-bond acceptors (Lipinski definition) is 6. The largest absolute Gasteiger partial charge is 0.383 e. The van der Waals surface area contributed by atoms with Crippen LogP contribution in [0.3, 0.4) is 0 Å². The first-order valence-electron chi connectivity index (χ1n) is 9.34. The summed E-state index contributed by atoms with van der Waals surface area (Å²) in [5.41, 5.74) is 3.25. The van der Waals surface area contributed by atoms with E-state index in [1.807, 2.05) is 5.38 Å². The summed E-state index contributed by atoms with van der Waals surface area (Å²) in [6.07, 6.45) is 0.307. The van der Waals surface area contributed by atoms with Crippen LogP contribution in [0, 0.1) is 0 Å². The first-order chi connectivity index (χ1) is 13.1. The van der Waals surface area contributed by atoms with Crippen molar-refractivity contribution in [1.82, 2.24) is 20.1 Å². The molecular weight excluding hydrogens is 360 g/mol. The van der Waals surface area contributed by atoms with E-state index < -0.39 is 0 Å². The van der Waals surface area contributed by atoms with Crippen LogP contribution in [0.15, 0.2) is 29.6 Å². The van der Waals surface area contributed by atoms with Gasteiger partial charge in [-0.1, -0.05) is 18.2 Å². The number of nitrogens with one attached hydrogen (secondary N) is 1. The van der Waals surface area contributed by atoms with Crippen molar-refractivity contribution < 1.29 is 9.53 Å². The summed E-state index contributed by atoms with van der Waals surface area (Å²) in [7, 11) is 3.80. The smallest absolute Gasteiger partial charge is 0.226 e. The molecule has 3 rings (SSSR count). The van der Waals surface area contributed by atoms with Crippen LogP contribution in [0.5, 0.6) is 0 Å². The summed E-state index contributed by atoms with van der Waals surface area (Å²) in [5, 5.41) is 5.77. The minimum absolute atomic E-state index is 0.0206. The van der Waals surface area contributed by atoms with Crippen molar-refractivity contribution in [3.63, 3.8) is 0 Å². The Kier molecular flexibility index (Phi) is 7.34. The Morgan fingerprint density at radius 1 is 1.30 bits per heavy atom. The maximum Gasteiger partial charge on any atom is 0.226 e. The van der Waals surface area contributed by atoms with Gasteiger partial charge in [-0.25, -0.2) is 4.98 Å². The molecule has 1 amide bonds. The zero-order valence-corrected chi connectivity index (χ0v) is 16.9. The molecule has 1 aromatic carbocycles. The number of thiazole rings is 1. The Morgan fingerprint density at radius 3 is 2.89 bits per heavy atom. The maximum absolute atomic E-state index is 11.9. The van der Waals surface area contributed by atoms with Gasteiger partial charge in [0.05, 0.1) is 18.7 Å². The molecule has 1 aromatic heterocycles. The lowest BCUT2D eigenvalue weighted by Gasteiger charge is -2.32. The highest BCUT2D eigenvalue weighted by Crippen LogP contribution is 2.25. The molecule has 7 heteroatoms. The van der Waals surface area contributed by atoms with Gasteiger partial charge in [0.2, 0.25) is 5.91 Å². The summed E-state index contributed by atoms with van der Waals surface area (Å²) in [5.74, 6) is -0.0206. The molecule has 2 aromatic rings. The van der Waals surface area contributed by atoms with E-state index in [4.69, 9.17) is 4.74 Å². The Labute approximate surface area is 165 Å². The van der Waals surface area contributed by atoms with Crippen LogP contribution in [0.1, 0.15) is 11.3 Å². The summed E-state index contributed by atoms with van der Waals surface area (Å²) in [4.78, 5) is 21.4. The van der Waals surface area contributed by atoms with E-state index in [0.29, 0.717) is 19.6 Å². The molecule has 1 fully saturated rings. The van der Waals surface area contributed by atoms with Gasteiger partial charge >= 0.3 is 0 Å². The molecule has 6 nitrogen and oxygen atoms in total. The van der Waals surface area contributed by atoms with E-state index in [2.05, 4.69) is 51.4 Å². The third-order valence-corrected chi connectivity index (χ3v) is 5.64. The van der Waals surface area contributed by atoms with Gasteiger partial charge in [0.15, 0.2) is 0 Å². The average Bonchev–Trinajstić information content (AvgIpc) is 3.12. The second-order valence-corrected chi connectivity index (χ2v) is 7.80. The lowest BCUT2D eigenvalue weighted by molar-refractivity contribution is -0.120. The number of carbonyl (C=O) groups is 1. The van der Waals surface area contributed by atoms with Crippen LogP contribution >= 0.6 is 11.3 Å². The zero-order valence-electron chi connectivity index (χ0n) is 16.1. The maximum atomic E-state index is 11.9. The highest BCUT2D eigenvalue weighted by molar-refractivity contribution is 7.13. The number of amides is 1. The number of methoxy groups -OCH3 is 1. The van der Waals surface area contributed by atoms with Crippen LogP contribution in [0.4, 0.5) is 0 Å². The fraction of sp³-hybridized carbons (Fsp3) is 0.500. The van der Waals surface area contributed by atoms with Crippen molar-refractivity contribution >= 4 is 17.2 Å². The van der Waals surface area contributed by atoms with E-state index >= 15 is 0 Å². The van der Waals surface area contributed by atoms with E-state index in [9.17, 15) is 4.79 Å². The highest BCUT2D eigenvalue weighted by atomic mass is 32.1. The topological polar surface area (TPSA) is 57.7 Å². The molecular formula is C20H28N4O2S. The van der Waals surface area contributed by atoms with Crippen LogP contribution in [0.2, 0.25) is 0 Å². The predicted molar refractivity (Wildman–Crippen MR) is 109 cm³/mol.